The standard InChI is InChI=1S/C22H26N2O6/c1-13-6-7-15(10-14(13)2)17(25)8-9-20(26)23-24-22(27)16-11-18(28-3)21(30-5)19(12-16)29-4/h6-7,10-12H,8-9H2,1-5H3,(H,23,26)(H,24,27). The summed E-state index contributed by atoms with van der Waals surface area (Å²) in [6.07, 6.45) is -0.0182. The van der Waals surface area contributed by atoms with Gasteiger partial charge in [0, 0.05) is 24.0 Å². The minimum absolute atomic E-state index is 0.0361. The summed E-state index contributed by atoms with van der Waals surface area (Å²) >= 11 is 0. The van der Waals surface area contributed by atoms with Crippen LogP contribution >= 0.6 is 0 Å². The SMILES string of the molecule is COc1cc(C(=O)NNC(=O)CCC(=O)c2ccc(C)c(C)c2)cc(OC)c1OC. The molecule has 2 aromatic carbocycles. The summed E-state index contributed by atoms with van der Waals surface area (Å²) in [5, 5.41) is 0. The lowest BCUT2D eigenvalue weighted by atomic mass is 10.0. The highest BCUT2D eigenvalue weighted by Gasteiger charge is 2.17. The van der Waals surface area contributed by atoms with E-state index in [1.165, 1.54) is 33.5 Å². The predicted octanol–water partition coefficient (Wildman–Crippen LogP) is 2.75. The number of Topliss-reactive ketones (excluding diaryl/α,β-unsaturated/α-hetero) is 1. The van der Waals surface area contributed by atoms with Crippen LogP contribution in [-0.4, -0.2) is 38.9 Å². The molecule has 8 nitrogen and oxygen atoms in total. The molecule has 2 amide bonds. The van der Waals surface area contributed by atoms with E-state index in [1.807, 2.05) is 26.0 Å². The van der Waals surface area contributed by atoms with Crippen molar-refractivity contribution in [2.24, 2.45) is 0 Å². The van der Waals surface area contributed by atoms with Crippen LogP contribution in [0.3, 0.4) is 0 Å². The summed E-state index contributed by atoms with van der Waals surface area (Å²) in [5.74, 6) is -0.203. The number of ether oxygens (including phenoxy) is 3. The van der Waals surface area contributed by atoms with Crippen molar-refractivity contribution in [2.45, 2.75) is 26.7 Å². The summed E-state index contributed by atoms with van der Waals surface area (Å²) < 4.78 is 15.6. The molecular formula is C22H26N2O6. The Morgan fingerprint density at radius 2 is 1.40 bits per heavy atom. The molecule has 2 N–H and O–H groups in total. The summed E-state index contributed by atoms with van der Waals surface area (Å²) in [5.41, 5.74) is 7.51. The van der Waals surface area contributed by atoms with Gasteiger partial charge in [0.2, 0.25) is 11.7 Å². The van der Waals surface area contributed by atoms with E-state index in [0.717, 1.165) is 11.1 Å². The van der Waals surface area contributed by atoms with E-state index in [9.17, 15) is 14.4 Å². The largest absolute Gasteiger partial charge is 0.493 e. The van der Waals surface area contributed by atoms with Crippen LogP contribution in [-0.2, 0) is 4.79 Å². The number of rotatable bonds is 8. The van der Waals surface area contributed by atoms with Gasteiger partial charge in [-0.1, -0.05) is 12.1 Å². The Bertz CT molecular complexity index is 930. The molecule has 0 aliphatic heterocycles. The van der Waals surface area contributed by atoms with Gasteiger partial charge in [-0.25, -0.2) is 0 Å². The van der Waals surface area contributed by atoms with E-state index >= 15 is 0 Å². The maximum absolute atomic E-state index is 12.4. The molecule has 2 aromatic rings. The van der Waals surface area contributed by atoms with Gasteiger partial charge >= 0.3 is 0 Å². The van der Waals surface area contributed by atoms with Crippen LogP contribution in [0.1, 0.15) is 44.7 Å². The summed E-state index contributed by atoms with van der Waals surface area (Å²) in [6, 6.07) is 8.36. The van der Waals surface area contributed by atoms with Crippen LogP contribution < -0.4 is 25.1 Å². The van der Waals surface area contributed by atoms with Crippen molar-refractivity contribution < 1.29 is 28.6 Å². The predicted molar refractivity (Wildman–Crippen MR) is 111 cm³/mol. The highest BCUT2D eigenvalue weighted by molar-refractivity contribution is 5.99. The Balaban J connectivity index is 1.93. The van der Waals surface area contributed by atoms with E-state index in [2.05, 4.69) is 10.9 Å². The van der Waals surface area contributed by atoms with Gasteiger partial charge in [-0.15, -0.1) is 0 Å². The summed E-state index contributed by atoms with van der Waals surface area (Å²) in [7, 11) is 4.33. The summed E-state index contributed by atoms with van der Waals surface area (Å²) in [6.45, 7) is 3.89. The Kier molecular flexibility index (Phi) is 7.80. The molecule has 2 rings (SSSR count). The first-order valence-electron chi connectivity index (χ1n) is 9.30. The Morgan fingerprint density at radius 3 is 1.93 bits per heavy atom. The monoisotopic (exact) mass is 414 g/mol. The number of nitrogens with one attached hydrogen (secondary N) is 2. The van der Waals surface area contributed by atoms with Gasteiger partial charge < -0.3 is 14.2 Å². The van der Waals surface area contributed by atoms with Crippen molar-refractivity contribution in [3.63, 3.8) is 0 Å². The van der Waals surface area contributed by atoms with Crippen LogP contribution in [0.15, 0.2) is 30.3 Å². The van der Waals surface area contributed by atoms with Crippen molar-refractivity contribution in [1.29, 1.82) is 0 Å². The zero-order valence-electron chi connectivity index (χ0n) is 17.8. The van der Waals surface area contributed by atoms with Crippen LogP contribution in [0.5, 0.6) is 17.2 Å². The lowest BCUT2D eigenvalue weighted by Crippen LogP contribution is -2.41. The second kappa shape index (κ2) is 10.3. The zero-order chi connectivity index (χ0) is 22.3. The Morgan fingerprint density at radius 1 is 0.767 bits per heavy atom. The van der Waals surface area contributed by atoms with Gasteiger partial charge in [0.1, 0.15) is 0 Å². The van der Waals surface area contributed by atoms with Gasteiger partial charge in [0.15, 0.2) is 17.3 Å². The fourth-order valence-electron chi connectivity index (χ4n) is 2.76. The van der Waals surface area contributed by atoms with Crippen molar-refractivity contribution in [3.8, 4) is 17.2 Å². The topological polar surface area (TPSA) is 103 Å². The third kappa shape index (κ3) is 5.50. The number of methoxy groups -OCH3 is 3. The highest BCUT2D eigenvalue weighted by Crippen LogP contribution is 2.38. The normalized spacial score (nSPS) is 10.2. The average molecular weight is 414 g/mol. The number of hydrogen-bond donors (Lipinski definition) is 2. The average Bonchev–Trinajstić information content (AvgIpc) is 2.76. The fourth-order valence-corrected chi connectivity index (χ4v) is 2.76. The molecule has 0 aliphatic carbocycles. The van der Waals surface area contributed by atoms with Crippen LogP contribution in [0, 0.1) is 13.8 Å². The number of carbonyl (C=O) groups excluding carboxylic acids is 3. The maximum atomic E-state index is 12.4. The number of aryl methyl sites for hydroxylation is 2. The lowest BCUT2D eigenvalue weighted by Gasteiger charge is -2.14. The van der Waals surface area contributed by atoms with E-state index in [1.54, 1.807) is 6.07 Å². The fraction of sp³-hybridized carbons (Fsp3) is 0.318. The van der Waals surface area contributed by atoms with Crippen LogP contribution in [0.2, 0.25) is 0 Å². The van der Waals surface area contributed by atoms with Gasteiger partial charge in [0.25, 0.3) is 5.91 Å². The third-order valence-corrected chi connectivity index (χ3v) is 4.65. The molecule has 0 saturated heterocycles. The van der Waals surface area contributed by atoms with Crippen molar-refractivity contribution in [1.82, 2.24) is 10.9 Å². The van der Waals surface area contributed by atoms with E-state index in [4.69, 9.17) is 14.2 Å². The first kappa shape index (κ1) is 22.7. The molecule has 0 radical (unpaired) electrons. The third-order valence-electron chi connectivity index (χ3n) is 4.65. The molecule has 0 fully saturated rings. The molecular weight excluding hydrogens is 388 g/mol. The number of hydrogen-bond acceptors (Lipinski definition) is 6. The molecule has 0 spiro atoms. The quantitative estimate of drug-likeness (QED) is 0.509. The van der Waals surface area contributed by atoms with Crippen molar-refractivity contribution >= 4 is 17.6 Å². The van der Waals surface area contributed by atoms with E-state index in [-0.39, 0.29) is 24.2 Å². The molecule has 0 unspecified atom stereocenters. The lowest BCUT2D eigenvalue weighted by molar-refractivity contribution is -0.121. The van der Waals surface area contributed by atoms with E-state index < -0.39 is 11.8 Å². The van der Waals surface area contributed by atoms with Crippen LogP contribution in [0.4, 0.5) is 0 Å². The van der Waals surface area contributed by atoms with E-state index in [0.29, 0.717) is 22.8 Å². The van der Waals surface area contributed by atoms with Crippen LogP contribution in [0.25, 0.3) is 0 Å². The van der Waals surface area contributed by atoms with Gasteiger partial charge in [-0.05, 0) is 43.2 Å². The second-order valence-corrected chi connectivity index (χ2v) is 6.64. The highest BCUT2D eigenvalue weighted by atomic mass is 16.5. The van der Waals surface area contributed by atoms with Gasteiger partial charge in [-0.2, -0.15) is 0 Å². The molecule has 0 bridgehead atoms. The maximum Gasteiger partial charge on any atom is 0.269 e. The first-order chi connectivity index (χ1) is 14.3. The molecule has 0 saturated carbocycles. The minimum Gasteiger partial charge on any atom is -0.493 e. The number of benzene rings is 2. The second-order valence-electron chi connectivity index (χ2n) is 6.64. The number of carbonyl (C=O) groups is 3. The molecule has 0 aromatic heterocycles. The Hall–Kier alpha value is -3.55. The van der Waals surface area contributed by atoms with Gasteiger partial charge in [-0.3, -0.25) is 25.2 Å². The molecule has 0 atom stereocenters. The number of hydrazine groups is 1. The van der Waals surface area contributed by atoms with Crippen molar-refractivity contribution in [2.75, 3.05) is 21.3 Å². The molecule has 0 aliphatic rings. The molecule has 8 heteroatoms. The number of amides is 2. The molecule has 160 valence electrons. The van der Waals surface area contributed by atoms with Gasteiger partial charge in [0.05, 0.1) is 21.3 Å². The molecule has 0 heterocycles. The first-order valence-corrected chi connectivity index (χ1v) is 9.30. The smallest absolute Gasteiger partial charge is 0.269 e. The Labute approximate surface area is 175 Å². The zero-order valence-corrected chi connectivity index (χ0v) is 17.8. The van der Waals surface area contributed by atoms with Crippen molar-refractivity contribution in [3.05, 3.63) is 52.6 Å². The summed E-state index contributed by atoms with van der Waals surface area (Å²) in [4.78, 5) is 36.7. The number of ketones is 1. The molecule has 30 heavy (non-hydrogen) atoms. The minimum atomic E-state index is -0.567.